The summed E-state index contributed by atoms with van der Waals surface area (Å²) in [6.07, 6.45) is 2.88. The summed E-state index contributed by atoms with van der Waals surface area (Å²) in [4.78, 5) is 4.62. The standard InChI is InChI=1S/C13H22N2S.ClH/c1-9(2)13-15-12(8-16-13)7-14-6-10(3)11-4-5-11;/h8-11,14H,4-7H2,1-3H3;1H. The highest BCUT2D eigenvalue weighted by atomic mass is 35.5. The summed E-state index contributed by atoms with van der Waals surface area (Å²) in [5.41, 5.74) is 1.21. The topological polar surface area (TPSA) is 24.9 Å². The molecule has 1 aromatic heterocycles. The van der Waals surface area contributed by atoms with E-state index in [1.54, 1.807) is 11.3 Å². The molecule has 1 aliphatic carbocycles. The molecule has 1 atom stereocenters. The van der Waals surface area contributed by atoms with Crippen LogP contribution in [0, 0.1) is 11.8 Å². The molecule has 1 unspecified atom stereocenters. The van der Waals surface area contributed by atoms with E-state index in [1.165, 1.54) is 23.5 Å². The predicted molar refractivity (Wildman–Crippen MR) is 77.0 cm³/mol. The van der Waals surface area contributed by atoms with E-state index >= 15 is 0 Å². The number of halogens is 1. The molecule has 2 nitrogen and oxygen atoms in total. The van der Waals surface area contributed by atoms with Crippen LogP contribution in [0.25, 0.3) is 0 Å². The number of nitrogens with zero attached hydrogens (tertiary/aromatic N) is 1. The van der Waals surface area contributed by atoms with Crippen molar-refractivity contribution in [3.63, 3.8) is 0 Å². The van der Waals surface area contributed by atoms with Crippen LogP contribution in [0.15, 0.2) is 5.38 Å². The maximum absolute atomic E-state index is 4.62. The molecule has 1 fully saturated rings. The maximum atomic E-state index is 4.62. The highest BCUT2D eigenvalue weighted by Crippen LogP contribution is 2.36. The number of nitrogens with one attached hydrogen (secondary N) is 1. The van der Waals surface area contributed by atoms with Crippen LogP contribution in [0.4, 0.5) is 0 Å². The van der Waals surface area contributed by atoms with Crippen molar-refractivity contribution in [3.8, 4) is 0 Å². The van der Waals surface area contributed by atoms with Gasteiger partial charge in [0.2, 0.25) is 0 Å². The summed E-state index contributed by atoms with van der Waals surface area (Å²) in [5.74, 6) is 2.39. The highest BCUT2D eigenvalue weighted by molar-refractivity contribution is 7.09. The zero-order valence-electron chi connectivity index (χ0n) is 10.9. The molecule has 0 amide bonds. The van der Waals surface area contributed by atoms with Gasteiger partial charge in [-0.2, -0.15) is 0 Å². The van der Waals surface area contributed by atoms with Gasteiger partial charge in [0.25, 0.3) is 0 Å². The van der Waals surface area contributed by atoms with Crippen LogP contribution in [0.5, 0.6) is 0 Å². The first-order valence-corrected chi connectivity index (χ1v) is 7.19. The van der Waals surface area contributed by atoms with Gasteiger partial charge in [0.1, 0.15) is 0 Å². The lowest BCUT2D eigenvalue weighted by Gasteiger charge is -2.10. The first-order chi connectivity index (χ1) is 7.66. The minimum absolute atomic E-state index is 0. The quantitative estimate of drug-likeness (QED) is 0.853. The third kappa shape index (κ3) is 4.57. The van der Waals surface area contributed by atoms with E-state index in [0.29, 0.717) is 5.92 Å². The number of hydrogen-bond acceptors (Lipinski definition) is 3. The Morgan fingerprint density at radius 1 is 1.41 bits per heavy atom. The van der Waals surface area contributed by atoms with E-state index < -0.39 is 0 Å². The number of hydrogen-bond donors (Lipinski definition) is 1. The molecule has 0 bridgehead atoms. The fourth-order valence-corrected chi connectivity index (χ4v) is 2.76. The average Bonchev–Trinajstić information content (AvgIpc) is 2.98. The molecule has 1 saturated carbocycles. The van der Waals surface area contributed by atoms with E-state index in [2.05, 4.69) is 36.5 Å². The van der Waals surface area contributed by atoms with Crippen molar-refractivity contribution >= 4 is 23.7 Å². The molecular formula is C13H23ClN2S. The highest BCUT2D eigenvalue weighted by Gasteiger charge is 2.27. The van der Waals surface area contributed by atoms with Gasteiger partial charge in [-0.3, -0.25) is 0 Å². The van der Waals surface area contributed by atoms with E-state index in [0.717, 1.165) is 24.9 Å². The minimum atomic E-state index is 0. The summed E-state index contributed by atoms with van der Waals surface area (Å²) < 4.78 is 0. The smallest absolute Gasteiger partial charge is 0.0954 e. The maximum Gasteiger partial charge on any atom is 0.0954 e. The lowest BCUT2D eigenvalue weighted by molar-refractivity contribution is 0.460. The van der Waals surface area contributed by atoms with Gasteiger partial charge in [0.15, 0.2) is 0 Å². The van der Waals surface area contributed by atoms with Crippen molar-refractivity contribution in [3.05, 3.63) is 16.1 Å². The molecule has 1 aromatic rings. The third-order valence-corrected chi connectivity index (χ3v) is 4.46. The largest absolute Gasteiger partial charge is 0.311 e. The second-order valence-electron chi connectivity index (χ2n) is 5.28. The van der Waals surface area contributed by atoms with Crippen molar-refractivity contribution in [1.82, 2.24) is 10.3 Å². The van der Waals surface area contributed by atoms with Crippen LogP contribution in [-0.4, -0.2) is 11.5 Å². The molecule has 17 heavy (non-hydrogen) atoms. The summed E-state index contributed by atoms with van der Waals surface area (Å²) in [6.45, 7) is 8.82. The molecule has 0 aromatic carbocycles. The Morgan fingerprint density at radius 2 is 2.12 bits per heavy atom. The Labute approximate surface area is 115 Å². The minimum Gasteiger partial charge on any atom is -0.311 e. The first kappa shape index (κ1) is 14.9. The Bertz CT molecular complexity index is 334. The first-order valence-electron chi connectivity index (χ1n) is 6.32. The normalized spacial score (nSPS) is 16.9. The van der Waals surface area contributed by atoms with Gasteiger partial charge in [0, 0.05) is 17.8 Å². The van der Waals surface area contributed by atoms with Crippen LogP contribution in [0.3, 0.4) is 0 Å². The van der Waals surface area contributed by atoms with Gasteiger partial charge in [-0.1, -0.05) is 20.8 Å². The second kappa shape index (κ2) is 6.72. The number of thiazole rings is 1. The Kier molecular flexibility index (Phi) is 5.90. The second-order valence-corrected chi connectivity index (χ2v) is 6.17. The van der Waals surface area contributed by atoms with Crippen molar-refractivity contribution in [2.24, 2.45) is 11.8 Å². The Hall–Kier alpha value is -0.120. The Balaban J connectivity index is 0.00000144. The van der Waals surface area contributed by atoms with E-state index in [4.69, 9.17) is 0 Å². The van der Waals surface area contributed by atoms with Crippen LogP contribution in [0.1, 0.15) is 50.2 Å². The van der Waals surface area contributed by atoms with Gasteiger partial charge in [-0.15, -0.1) is 23.7 Å². The van der Waals surface area contributed by atoms with E-state index in [1.807, 2.05) is 0 Å². The monoisotopic (exact) mass is 274 g/mol. The van der Waals surface area contributed by atoms with E-state index in [9.17, 15) is 0 Å². The lowest BCUT2D eigenvalue weighted by Crippen LogP contribution is -2.22. The molecule has 1 heterocycles. The average molecular weight is 275 g/mol. The Morgan fingerprint density at radius 3 is 2.65 bits per heavy atom. The summed E-state index contributed by atoms with van der Waals surface area (Å²) in [5, 5.41) is 6.96. The number of aromatic nitrogens is 1. The van der Waals surface area contributed by atoms with Crippen LogP contribution >= 0.6 is 23.7 Å². The van der Waals surface area contributed by atoms with Gasteiger partial charge >= 0.3 is 0 Å². The molecule has 2 rings (SSSR count). The molecule has 0 saturated heterocycles. The zero-order valence-corrected chi connectivity index (χ0v) is 12.5. The summed E-state index contributed by atoms with van der Waals surface area (Å²) in [6, 6.07) is 0. The zero-order chi connectivity index (χ0) is 11.5. The fraction of sp³-hybridized carbons (Fsp3) is 0.769. The third-order valence-electron chi connectivity index (χ3n) is 3.26. The van der Waals surface area contributed by atoms with Crippen LogP contribution in [0.2, 0.25) is 0 Å². The number of rotatable bonds is 6. The predicted octanol–water partition coefficient (Wildman–Crippen LogP) is 3.82. The van der Waals surface area contributed by atoms with Gasteiger partial charge < -0.3 is 5.32 Å². The van der Waals surface area contributed by atoms with Crippen LogP contribution in [-0.2, 0) is 6.54 Å². The van der Waals surface area contributed by atoms with Gasteiger partial charge in [-0.05, 0) is 31.2 Å². The van der Waals surface area contributed by atoms with Crippen molar-refractivity contribution in [2.45, 2.75) is 46.1 Å². The fourth-order valence-electron chi connectivity index (χ4n) is 1.93. The SMILES string of the molecule is CC(C)c1nc(CNCC(C)C2CC2)cs1.Cl. The lowest BCUT2D eigenvalue weighted by atomic mass is 10.1. The summed E-state index contributed by atoms with van der Waals surface area (Å²) in [7, 11) is 0. The van der Waals surface area contributed by atoms with Gasteiger partial charge in [-0.25, -0.2) is 4.98 Å². The molecular weight excluding hydrogens is 252 g/mol. The molecule has 1 N–H and O–H groups in total. The van der Waals surface area contributed by atoms with Crippen molar-refractivity contribution < 1.29 is 0 Å². The summed E-state index contributed by atoms with van der Waals surface area (Å²) >= 11 is 1.78. The molecule has 98 valence electrons. The molecule has 4 heteroatoms. The van der Waals surface area contributed by atoms with Crippen molar-refractivity contribution in [1.29, 1.82) is 0 Å². The molecule has 0 spiro atoms. The van der Waals surface area contributed by atoms with Gasteiger partial charge in [0.05, 0.1) is 10.7 Å². The molecule has 0 aliphatic heterocycles. The molecule has 1 aliphatic rings. The molecule has 0 radical (unpaired) electrons. The van der Waals surface area contributed by atoms with Crippen LogP contribution < -0.4 is 5.32 Å². The van der Waals surface area contributed by atoms with E-state index in [-0.39, 0.29) is 12.4 Å². The van der Waals surface area contributed by atoms with Crippen molar-refractivity contribution in [2.75, 3.05) is 6.54 Å².